The lowest BCUT2D eigenvalue weighted by Gasteiger charge is -2.12. The quantitative estimate of drug-likeness (QED) is 0.710. The van der Waals surface area contributed by atoms with Gasteiger partial charge in [-0.25, -0.2) is 0 Å². The number of hydrogen-bond acceptors (Lipinski definition) is 1. The van der Waals surface area contributed by atoms with Gasteiger partial charge in [-0.15, -0.1) is 0 Å². The lowest BCUT2D eigenvalue weighted by molar-refractivity contribution is 0.412. The van der Waals surface area contributed by atoms with Crippen LogP contribution in [0.15, 0.2) is 18.2 Å². The lowest BCUT2D eigenvalue weighted by Crippen LogP contribution is -1.99. The maximum Gasteiger partial charge on any atom is 0.119 e. The van der Waals surface area contributed by atoms with Gasteiger partial charge >= 0.3 is 0 Å². The van der Waals surface area contributed by atoms with Crippen molar-refractivity contribution in [3.63, 3.8) is 0 Å². The second-order valence-electron chi connectivity index (χ2n) is 4.07. The van der Waals surface area contributed by atoms with Gasteiger partial charge in [0, 0.05) is 5.92 Å². The first kappa shape index (κ1) is 13.0. The first-order chi connectivity index (χ1) is 7.71. The average Bonchev–Trinajstić information content (AvgIpc) is 2.34. The number of methoxy groups -OCH3 is 1. The van der Waals surface area contributed by atoms with E-state index in [-0.39, 0.29) is 5.92 Å². The Balaban J connectivity index is 2.91. The molecule has 0 fully saturated rings. The molecule has 0 saturated carbocycles. The van der Waals surface area contributed by atoms with Crippen molar-refractivity contribution >= 4 is 0 Å². The van der Waals surface area contributed by atoms with Gasteiger partial charge in [0.1, 0.15) is 5.75 Å². The molecule has 0 aliphatic heterocycles. The Morgan fingerprint density at radius 1 is 1.38 bits per heavy atom. The maximum absolute atomic E-state index is 12.6. The van der Waals surface area contributed by atoms with Crippen molar-refractivity contribution in [3.05, 3.63) is 36.2 Å². The summed E-state index contributed by atoms with van der Waals surface area (Å²) in [7, 11) is 1.64. The Kier molecular flexibility index (Phi) is 5.30. The second-order valence-corrected chi connectivity index (χ2v) is 4.07. The van der Waals surface area contributed by atoms with Gasteiger partial charge in [0.25, 0.3) is 0 Å². The van der Waals surface area contributed by atoms with Crippen LogP contribution in [0.25, 0.3) is 0 Å². The molecule has 0 N–H and O–H groups in total. The van der Waals surface area contributed by atoms with Gasteiger partial charge in [-0.2, -0.15) is 0 Å². The van der Waals surface area contributed by atoms with Crippen LogP contribution in [0.5, 0.6) is 5.75 Å². The largest absolute Gasteiger partial charge is 0.497 e. The maximum atomic E-state index is 12.6. The Bertz CT molecular complexity index is 323. The summed E-state index contributed by atoms with van der Waals surface area (Å²) < 4.78 is 17.8. The fourth-order valence-electron chi connectivity index (χ4n) is 1.65. The summed E-state index contributed by atoms with van der Waals surface area (Å²) in [4.78, 5) is 0. The lowest BCUT2D eigenvalue weighted by atomic mass is 9.97. The number of hydrogen-bond donors (Lipinski definition) is 0. The number of benzene rings is 1. The van der Waals surface area contributed by atoms with Crippen LogP contribution in [0.3, 0.4) is 0 Å². The number of alkyl halides is 1. The highest BCUT2D eigenvalue weighted by Gasteiger charge is 2.08. The summed E-state index contributed by atoms with van der Waals surface area (Å²) in [5, 5.41) is 0. The summed E-state index contributed by atoms with van der Waals surface area (Å²) in [6, 6.07) is 5.92. The normalized spacial score (nSPS) is 12.5. The molecule has 0 aliphatic carbocycles. The fourth-order valence-corrected chi connectivity index (χ4v) is 1.65. The molecule has 1 atom stereocenters. The molecule has 89 valence electrons. The highest BCUT2D eigenvalue weighted by atomic mass is 19.1. The first-order valence-electron chi connectivity index (χ1n) is 5.78. The SMILES string of the molecule is [CH2]C(CF)c1cc(CCCC)cc(OC)c1. The molecule has 16 heavy (non-hydrogen) atoms. The molecule has 1 aromatic rings. The molecule has 1 rings (SSSR count). The standard InChI is InChI=1S/C14H20FO/c1-4-5-6-12-7-13(11(2)10-15)9-14(8-12)16-3/h7-9,11H,2,4-6,10H2,1,3H3. The number of unbranched alkanes of at least 4 members (excludes halogenated alkanes) is 1. The second kappa shape index (κ2) is 6.51. The minimum Gasteiger partial charge on any atom is -0.497 e. The minimum absolute atomic E-state index is 0.296. The molecule has 0 spiro atoms. The summed E-state index contributed by atoms with van der Waals surface area (Å²) >= 11 is 0. The Morgan fingerprint density at radius 2 is 2.12 bits per heavy atom. The van der Waals surface area contributed by atoms with Crippen LogP contribution in [-0.2, 0) is 6.42 Å². The first-order valence-corrected chi connectivity index (χ1v) is 5.78. The van der Waals surface area contributed by atoms with Crippen molar-refractivity contribution in [1.29, 1.82) is 0 Å². The molecule has 0 amide bonds. The molecule has 1 radical (unpaired) electrons. The van der Waals surface area contributed by atoms with E-state index in [2.05, 4.69) is 13.8 Å². The van der Waals surface area contributed by atoms with Crippen molar-refractivity contribution < 1.29 is 9.13 Å². The van der Waals surface area contributed by atoms with Crippen molar-refractivity contribution in [2.75, 3.05) is 13.8 Å². The Labute approximate surface area is 97.6 Å². The topological polar surface area (TPSA) is 9.23 Å². The average molecular weight is 223 g/mol. The third-order valence-corrected chi connectivity index (χ3v) is 2.70. The van der Waals surface area contributed by atoms with Gasteiger partial charge in [0.2, 0.25) is 0 Å². The minimum atomic E-state index is -0.430. The van der Waals surface area contributed by atoms with E-state index in [0.717, 1.165) is 30.6 Å². The molecule has 0 bridgehead atoms. The van der Waals surface area contributed by atoms with Crippen LogP contribution < -0.4 is 4.74 Å². The summed E-state index contributed by atoms with van der Waals surface area (Å²) in [6.45, 7) is 5.52. The van der Waals surface area contributed by atoms with E-state index in [9.17, 15) is 4.39 Å². The van der Waals surface area contributed by atoms with Crippen LogP contribution in [0.1, 0.15) is 36.8 Å². The Morgan fingerprint density at radius 3 is 2.69 bits per heavy atom. The van der Waals surface area contributed by atoms with Gasteiger partial charge in [-0.05, 0) is 43.0 Å². The predicted octanol–water partition coefficient (Wildman–Crippen LogP) is 3.92. The van der Waals surface area contributed by atoms with Gasteiger partial charge in [-0.1, -0.05) is 19.4 Å². The van der Waals surface area contributed by atoms with E-state index in [4.69, 9.17) is 4.74 Å². The van der Waals surface area contributed by atoms with E-state index in [1.54, 1.807) is 7.11 Å². The molecule has 0 aliphatic rings. The van der Waals surface area contributed by atoms with E-state index >= 15 is 0 Å². The molecule has 0 heterocycles. The highest BCUT2D eigenvalue weighted by molar-refractivity contribution is 5.37. The summed E-state index contributed by atoms with van der Waals surface area (Å²) in [5.41, 5.74) is 2.13. The van der Waals surface area contributed by atoms with Crippen molar-refractivity contribution in [3.8, 4) is 5.75 Å². The van der Waals surface area contributed by atoms with E-state index in [1.165, 1.54) is 5.56 Å². The van der Waals surface area contributed by atoms with Gasteiger partial charge in [-0.3, -0.25) is 4.39 Å². The molecule has 0 aromatic heterocycles. The molecule has 1 aromatic carbocycles. The molecular weight excluding hydrogens is 203 g/mol. The van der Waals surface area contributed by atoms with Crippen LogP contribution in [0.4, 0.5) is 4.39 Å². The molecular formula is C14H20FO. The van der Waals surface area contributed by atoms with Gasteiger partial charge in [0.15, 0.2) is 0 Å². The third kappa shape index (κ3) is 3.51. The van der Waals surface area contributed by atoms with Gasteiger partial charge < -0.3 is 4.74 Å². The molecule has 1 unspecified atom stereocenters. The van der Waals surface area contributed by atoms with E-state index in [1.807, 2.05) is 18.2 Å². The molecule has 2 heteroatoms. The van der Waals surface area contributed by atoms with Gasteiger partial charge in [0.05, 0.1) is 13.8 Å². The number of aryl methyl sites for hydroxylation is 1. The van der Waals surface area contributed by atoms with Crippen LogP contribution in [-0.4, -0.2) is 13.8 Å². The summed E-state index contributed by atoms with van der Waals surface area (Å²) in [6.07, 6.45) is 3.31. The zero-order chi connectivity index (χ0) is 12.0. The molecule has 1 nitrogen and oxygen atoms in total. The highest BCUT2D eigenvalue weighted by Crippen LogP contribution is 2.24. The smallest absolute Gasteiger partial charge is 0.119 e. The number of halogens is 1. The Hall–Kier alpha value is -1.05. The zero-order valence-corrected chi connectivity index (χ0v) is 10.1. The third-order valence-electron chi connectivity index (χ3n) is 2.70. The van der Waals surface area contributed by atoms with E-state index < -0.39 is 6.67 Å². The number of ether oxygens (including phenoxy) is 1. The fraction of sp³-hybridized carbons (Fsp3) is 0.500. The van der Waals surface area contributed by atoms with Crippen LogP contribution in [0.2, 0.25) is 0 Å². The van der Waals surface area contributed by atoms with Crippen LogP contribution in [0, 0.1) is 6.92 Å². The van der Waals surface area contributed by atoms with Crippen LogP contribution >= 0.6 is 0 Å². The van der Waals surface area contributed by atoms with Crippen molar-refractivity contribution in [1.82, 2.24) is 0 Å². The van der Waals surface area contributed by atoms with Crippen molar-refractivity contribution in [2.45, 2.75) is 32.1 Å². The zero-order valence-electron chi connectivity index (χ0n) is 10.1. The summed E-state index contributed by atoms with van der Waals surface area (Å²) in [5.74, 6) is 0.501. The monoisotopic (exact) mass is 223 g/mol. The van der Waals surface area contributed by atoms with E-state index in [0.29, 0.717) is 0 Å². The molecule has 0 saturated heterocycles. The predicted molar refractivity (Wildman–Crippen MR) is 65.7 cm³/mol. The number of rotatable bonds is 6. The van der Waals surface area contributed by atoms with Crippen molar-refractivity contribution in [2.24, 2.45) is 0 Å².